The second kappa shape index (κ2) is 8.76. The SMILES string of the molecule is Cc1cc(CN(C)C)ccc1-c1cnc(NCC2Cc3cc(F)ccc3O2)n2cc(C#N)nc12. The quantitative estimate of drug-likeness (QED) is 0.469. The van der Waals surface area contributed by atoms with Gasteiger partial charge in [0.15, 0.2) is 11.3 Å². The molecule has 0 aliphatic carbocycles. The molecule has 0 amide bonds. The molecule has 1 atom stereocenters. The average molecular weight is 457 g/mol. The van der Waals surface area contributed by atoms with Crippen molar-refractivity contribution in [3.63, 3.8) is 0 Å². The van der Waals surface area contributed by atoms with Crippen molar-refractivity contribution in [2.45, 2.75) is 26.0 Å². The van der Waals surface area contributed by atoms with Crippen LogP contribution < -0.4 is 10.1 Å². The van der Waals surface area contributed by atoms with E-state index >= 15 is 0 Å². The minimum Gasteiger partial charge on any atom is -0.488 e. The van der Waals surface area contributed by atoms with E-state index < -0.39 is 0 Å². The van der Waals surface area contributed by atoms with Crippen molar-refractivity contribution in [2.24, 2.45) is 0 Å². The number of aryl methyl sites for hydroxylation is 1. The summed E-state index contributed by atoms with van der Waals surface area (Å²) in [6.07, 6.45) is 3.95. The highest BCUT2D eigenvalue weighted by Gasteiger charge is 2.24. The Hall–Kier alpha value is -3.96. The average Bonchev–Trinajstić information content (AvgIpc) is 3.41. The fourth-order valence-electron chi connectivity index (χ4n) is 4.45. The molecule has 0 spiro atoms. The van der Waals surface area contributed by atoms with Crippen LogP contribution in [0.2, 0.25) is 0 Å². The Balaban J connectivity index is 1.43. The summed E-state index contributed by atoms with van der Waals surface area (Å²) in [5.74, 6) is 1.02. The number of rotatable bonds is 6. The molecule has 7 nitrogen and oxygen atoms in total. The summed E-state index contributed by atoms with van der Waals surface area (Å²) in [7, 11) is 4.09. The van der Waals surface area contributed by atoms with Crippen molar-refractivity contribution in [3.8, 4) is 22.9 Å². The van der Waals surface area contributed by atoms with E-state index in [1.807, 2.05) is 18.5 Å². The van der Waals surface area contributed by atoms with Crippen LogP contribution in [0.1, 0.15) is 22.4 Å². The summed E-state index contributed by atoms with van der Waals surface area (Å²) in [4.78, 5) is 11.3. The Bertz CT molecular complexity index is 1420. The predicted molar refractivity (Wildman–Crippen MR) is 128 cm³/mol. The highest BCUT2D eigenvalue weighted by molar-refractivity contribution is 5.80. The van der Waals surface area contributed by atoms with Crippen molar-refractivity contribution in [1.29, 1.82) is 5.26 Å². The van der Waals surface area contributed by atoms with Gasteiger partial charge in [-0.3, -0.25) is 4.40 Å². The fourth-order valence-corrected chi connectivity index (χ4v) is 4.45. The minimum atomic E-state index is -0.262. The molecular weight excluding hydrogens is 431 g/mol. The van der Waals surface area contributed by atoms with Crippen LogP contribution in [0.4, 0.5) is 10.3 Å². The third-order valence-electron chi connectivity index (χ3n) is 5.94. The van der Waals surface area contributed by atoms with Gasteiger partial charge in [0.25, 0.3) is 0 Å². The normalized spacial score (nSPS) is 14.8. The van der Waals surface area contributed by atoms with Gasteiger partial charge < -0.3 is 15.0 Å². The van der Waals surface area contributed by atoms with E-state index in [1.54, 1.807) is 18.5 Å². The molecule has 3 heterocycles. The number of fused-ring (bicyclic) bond motifs is 2. The van der Waals surface area contributed by atoms with Crippen LogP contribution in [-0.4, -0.2) is 46.0 Å². The maximum Gasteiger partial charge on any atom is 0.208 e. The van der Waals surface area contributed by atoms with Gasteiger partial charge in [-0.25, -0.2) is 14.4 Å². The summed E-state index contributed by atoms with van der Waals surface area (Å²) in [6, 6.07) is 13.1. The Morgan fingerprint density at radius 1 is 1.24 bits per heavy atom. The maximum atomic E-state index is 13.5. The van der Waals surface area contributed by atoms with Gasteiger partial charge in [0, 0.05) is 30.3 Å². The molecule has 1 aliphatic rings. The molecule has 8 heteroatoms. The number of nitrogens with zero attached hydrogens (tertiary/aromatic N) is 5. The van der Waals surface area contributed by atoms with Crippen LogP contribution in [0.5, 0.6) is 5.75 Å². The third kappa shape index (κ3) is 4.18. The van der Waals surface area contributed by atoms with E-state index in [4.69, 9.17) is 4.74 Å². The van der Waals surface area contributed by atoms with Gasteiger partial charge >= 0.3 is 0 Å². The van der Waals surface area contributed by atoms with E-state index in [9.17, 15) is 9.65 Å². The van der Waals surface area contributed by atoms with Gasteiger partial charge in [0.1, 0.15) is 23.7 Å². The lowest BCUT2D eigenvalue weighted by molar-refractivity contribution is 0.246. The van der Waals surface area contributed by atoms with Crippen molar-refractivity contribution in [3.05, 3.63) is 77.0 Å². The molecule has 5 rings (SSSR count). The number of aromatic nitrogens is 3. The van der Waals surface area contributed by atoms with Crippen LogP contribution in [-0.2, 0) is 13.0 Å². The topological polar surface area (TPSA) is 78.5 Å². The number of benzene rings is 2. The van der Waals surface area contributed by atoms with Crippen LogP contribution in [0.3, 0.4) is 0 Å². The van der Waals surface area contributed by atoms with Crippen molar-refractivity contribution < 1.29 is 9.13 Å². The van der Waals surface area contributed by atoms with Crippen LogP contribution in [0.15, 0.2) is 48.8 Å². The monoisotopic (exact) mass is 456 g/mol. The molecule has 0 saturated carbocycles. The number of ether oxygens (including phenoxy) is 1. The fraction of sp³-hybridized carbons (Fsp3) is 0.269. The molecule has 0 saturated heterocycles. The standard InChI is InChI=1S/C26H25FN6O/c1-16-8-17(14-32(2)3)4-6-22(16)23-13-30-26(33-15-20(11-28)31-25(23)33)29-12-21-10-18-9-19(27)5-7-24(18)34-21/h4-9,13,15,21H,10,12,14H2,1-3H3,(H,29,30). The summed E-state index contributed by atoms with van der Waals surface area (Å²) < 4.78 is 21.3. The first-order valence-electron chi connectivity index (χ1n) is 11.1. The molecule has 2 aromatic carbocycles. The largest absolute Gasteiger partial charge is 0.488 e. The number of nitriles is 1. The van der Waals surface area contributed by atoms with E-state index in [-0.39, 0.29) is 11.9 Å². The van der Waals surface area contributed by atoms with Crippen molar-refractivity contribution in [2.75, 3.05) is 26.0 Å². The molecule has 4 aromatic rings. The number of hydrogen-bond acceptors (Lipinski definition) is 6. The molecule has 0 bridgehead atoms. The lowest BCUT2D eigenvalue weighted by atomic mass is 10.00. The molecule has 1 N–H and O–H groups in total. The molecule has 1 unspecified atom stereocenters. The lowest BCUT2D eigenvalue weighted by Gasteiger charge is -2.15. The van der Waals surface area contributed by atoms with Gasteiger partial charge in [-0.1, -0.05) is 18.2 Å². The second-order valence-corrected chi connectivity index (χ2v) is 8.89. The van der Waals surface area contributed by atoms with Crippen LogP contribution in [0.25, 0.3) is 16.8 Å². The smallest absolute Gasteiger partial charge is 0.208 e. The van der Waals surface area contributed by atoms with Gasteiger partial charge in [0.2, 0.25) is 5.95 Å². The zero-order valence-electron chi connectivity index (χ0n) is 19.3. The predicted octanol–water partition coefficient (Wildman–Crippen LogP) is 4.19. The first kappa shape index (κ1) is 21.9. The van der Waals surface area contributed by atoms with E-state index in [2.05, 4.69) is 51.4 Å². The second-order valence-electron chi connectivity index (χ2n) is 8.89. The van der Waals surface area contributed by atoms with Crippen molar-refractivity contribution in [1.82, 2.24) is 19.3 Å². The van der Waals surface area contributed by atoms with Crippen LogP contribution in [0, 0.1) is 24.1 Å². The molecule has 2 aromatic heterocycles. The Morgan fingerprint density at radius 2 is 2.09 bits per heavy atom. The minimum absolute atomic E-state index is 0.140. The summed E-state index contributed by atoms with van der Waals surface area (Å²) in [5, 5.41) is 12.8. The first-order valence-corrected chi connectivity index (χ1v) is 11.1. The summed E-state index contributed by atoms with van der Waals surface area (Å²) in [5.41, 5.74) is 6.08. The Kier molecular flexibility index (Phi) is 5.64. The zero-order valence-corrected chi connectivity index (χ0v) is 19.3. The first-order chi connectivity index (χ1) is 16.4. The number of anilines is 1. The third-order valence-corrected chi connectivity index (χ3v) is 5.94. The van der Waals surface area contributed by atoms with E-state index in [0.29, 0.717) is 36.0 Å². The molecular formula is C26H25FN6O. The summed E-state index contributed by atoms with van der Waals surface area (Å²) >= 11 is 0. The number of nitrogens with one attached hydrogen (secondary N) is 1. The van der Waals surface area contributed by atoms with Gasteiger partial charge in [-0.2, -0.15) is 5.26 Å². The van der Waals surface area contributed by atoms with Gasteiger partial charge in [-0.05, 0) is 55.9 Å². The van der Waals surface area contributed by atoms with Crippen LogP contribution >= 0.6 is 0 Å². The highest BCUT2D eigenvalue weighted by Crippen LogP contribution is 2.31. The Labute approximate surface area is 197 Å². The maximum absolute atomic E-state index is 13.5. The molecule has 1 aliphatic heterocycles. The molecule has 172 valence electrons. The lowest BCUT2D eigenvalue weighted by Crippen LogP contribution is -2.25. The van der Waals surface area contributed by atoms with Gasteiger partial charge in [-0.15, -0.1) is 0 Å². The number of halogens is 1. The van der Waals surface area contributed by atoms with E-state index in [0.717, 1.165) is 28.8 Å². The Morgan fingerprint density at radius 3 is 2.85 bits per heavy atom. The number of imidazole rings is 1. The molecule has 0 radical (unpaired) electrons. The molecule has 0 fully saturated rings. The summed E-state index contributed by atoms with van der Waals surface area (Å²) in [6.45, 7) is 3.42. The zero-order chi connectivity index (χ0) is 23.8. The van der Waals surface area contributed by atoms with E-state index in [1.165, 1.54) is 17.7 Å². The number of hydrogen-bond donors (Lipinski definition) is 1. The highest BCUT2D eigenvalue weighted by atomic mass is 19.1. The van der Waals surface area contributed by atoms with Crippen molar-refractivity contribution >= 4 is 11.6 Å². The van der Waals surface area contributed by atoms with Gasteiger partial charge in [0.05, 0.1) is 12.7 Å². The molecule has 34 heavy (non-hydrogen) atoms.